The number of carbonyl (C=O) groups is 1. The molecule has 1 amide bonds. The van der Waals surface area contributed by atoms with Gasteiger partial charge in [-0.15, -0.1) is 0 Å². The van der Waals surface area contributed by atoms with Crippen LogP contribution in [0.3, 0.4) is 0 Å². The van der Waals surface area contributed by atoms with Crippen LogP contribution in [0.2, 0.25) is 10.0 Å². The molecule has 2 aromatic carbocycles. The molecule has 1 saturated carbocycles. The lowest BCUT2D eigenvalue weighted by atomic mass is 10.2. The van der Waals surface area contributed by atoms with E-state index < -0.39 is 0 Å². The van der Waals surface area contributed by atoms with Gasteiger partial charge in [-0.3, -0.25) is 4.79 Å². The van der Waals surface area contributed by atoms with E-state index in [1.54, 1.807) is 47.4 Å². The first kappa shape index (κ1) is 15.5. The van der Waals surface area contributed by atoms with Crippen molar-refractivity contribution in [3.63, 3.8) is 0 Å². The molecule has 4 nitrogen and oxygen atoms in total. The summed E-state index contributed by atoms with van der Waals surface area (Å²) in [5.74, 6) is 0.454. The van der Waals surface area contributed by atoms with Gasteiger partial charge in [0.05, 0.1) is 6.54 Å². The SMILES string of the molecule is O=C(c1cccc(Cl)c1)N(Cc1nc2cc(Cl)ccc2o1)C1CC1. The maximum atomic E-state index is 12.8. The zero-order valence-electron chi connectivity index (χ0n) is 12.7. The number of benzene rings is 2. The number of fused-ring (bicyclic) bond motifs is 1. The van der Waals surface area contributed by atoms with Crippen molar-refractivity contribution in [3.8, 4) is 0 Å². The maximum absolute atomic E-state index is 12.8. The molecular weight excluding hydrogens is 347 g/mol. The van der Waals surface area contributed by atoms with E-state index in [9.17, 15) is 4.79 Å². The van der Waals surface area contributed by atoms with Gasteiger partial charge < -0.3 is 9.32 Å². The van der Waals surface area contributed by atoms with E-state index in [2.05, 4.69) is 4.98 Å². The molecule has 0 atom stereocenters. The Bertz CT molecular complexity index is 918. The van der Waals surface area contributed by atoms with Gasteiger partial charge in [0.15, 0.2) is 5.58 Å². The number of halogens is 2. The van der Waals surface area contributed by atoms with Crippen LogP contribution in [-0.4, -0.2) is 21.8 Å². The maximum Gasteiger partial charge on any atom is 0.254 e. The van der Waals surface area contributed by atoms with Crippen molar-refractivity contribution in [1.82, 2.24) is 9.88 Å². The third-order valence-electron chi connectivity index (χ3n) is 4.02. The van der Waals surface area contributed by atoms with Crippen LogP contribution in [0.4, 0.5) is 0 Å². The highest BCUT2D eigenvalue weighted by Crippen LogP contribution is 2.31. The Balaban J connectivity index is 1.62. The van der Waals surface area contributed by atoms with Crippen LogP contribution in [0.25, 0.3) is 11.1 Å². The van der Waals surface area contributed by atoms with E-state index in [-0.39, 0.29) is 11.9 Å². The lowest BCUT2D eigenvalue weighted by Gasteiger charge is -2.20. The van der Waals surface area contributed by atoms with Crippen molar-refractivity contribution in [3.05, 3.63) is 64.0 Å². The van der Waals surface area contributed by atoms with Gasteiger partial charge in [0.1, 0.15) is 5.52 Å². The van der Waals surface area contributed by atoms with Crippen molar-refractivity contribution in [2.75, 3.05) is 0 Å². The van der Waals surface area contributed by atoms with Crippen LogP contribution < -0.4 is 0 Å². The summed E-state index contributed by atoms with van der Waals surface area (Å²) in [6, 6.07) is 12.5. The minimum Gasteiger partial charge on any atom is -0.439 e. The first-order valence-corrected chi connectivity index (χ1v) is 8.47. The Morgan fingerprint density at radius 2 is 1.96 bits per heavy atom. The van der Waals surface area contributed by atoms with Gasteiger partial charge >= 0.3 is 0 Å². The molecule has 0 aliphatic heterocycles. The average molecular weight is 361 g/mol. The monoisotopic (exact) mass is 360 g/mol. The third-order valence-corrected chi connectivity index (χ3v) is 4.49. The number of oxazole rings is 1. The fraction of sp³-hybridized carbons (Fsp3) is 0.222. The summed E-state index contributed by atoms with van der Waals surface area (Å²) in [5, 5.41) is 1.16. The number of rotatable bonds is 4. The van der Waals surface area contributed by atoms with Crippen molar-refractivity contribution in [1.29, 1.82) is 0 Å². The summed E-state index contributed by atoms with van der Waals surface area (Å²) in [7, 11) is 0. The highest BCUT2D eigenvalue weighted by atomic mass is 35.5. The summed E-state index contributed by atoms with van der Waals surface area (Å²) in [5.41, 5.74) is 1.94. The number of hydrogen-bond acceptors (Lipinski definition) is 3. The van der Waals surface area contributed by atoms with Crippen LogP contribution >= 0.6 is 23.2 Å². The van der Waals surface area contributed by atoms with Gasteiger partial charge in [-0.2, -0.15) is 0 Å². The van der Waals surface area contributed by atoms with E-state index in [1.807, 2.05) is 0 Å². The minimum absolute atomic E-state index is 0.0553. The molecule has 0 saturated heterocycles. The predicted molar refractivity (Wildman–Crippen MR) is 93.4 cm³/mol. The molecule has 0 radical (unpaired) electrons. The number of carbonyl (C=O) groups excluding carboxylic acids is 1. The number of nitrogens with zero attached hydrogens (tertiary/aromatic N) is 2. The Kier molecular flexibility index (Phi) is 3.94. The molecule has 0 unspecified atom stereocenters. The first-order valence-electron chi connectivity index (χ1n) is 7.72. The molecule has 1 aliphatic rings. The molecule has 6 heteroatoms. The summed E-state index contributed by atoms with van der Waals surface area (Å²) in [6.07, 6.45) is 2.00. The zero-order valence-corrected chi connectivity index (χ0v) is 14.2. The highest BCUT2D eigenvalue weighted by molar-refractivity contribution is 6.31. The van der Waals surface area contributed by atoms with Crippen LogP contribution in [0.5, 0.6) is 0 Å². The number of hydrogen-bond donors (Lipinski definition) is 0. The fourth-order valence-corrected chi connectivity index (χ4v) is 3.06. The van der Waals surface area contributed by atoms with E-state index in [4.69, 9.17) is 27.6 Å². The van der Waals surface area contributed by atoms with Crippen molar-refractivity contribution >= 4 is 40.2 Å². The summed E-state index contributed by atoms with van der Waals surface area (Å²) in [4.78, 5) is 19.1. The molecule has 3 aromatic rings. The van der Waals surface area contributed by atoms with Crippen molar-refractivity contribution < 1.29 is 9.21 Å². The second kappa shape index (κ2) is 6.11. The molecule has 122 valence electrons. The van der Waals surface area contributed by atoms with Gasteiger partial charge in [0, 0.05) is 21.7 Å². The van der Waals surface area contributed by atoms with Crippen LogP contribution in [0.1, 0.15) is 29.1 Å². The molecule has 0 N–H and O–H groups in total. The smallest absolute Gasteiger partial charge is 0.254 e. The lowest BCUT2D eigenvalue weighted by Crippen LogP contribution is -2.32. The van der Waals surface area contributed by atoms with Crippen molar-refractivity contribution in [2.24, 2.45) is 0 Å². The van der Waals surface area contributed by atoms with Gasteiger partial charge in [0.25, 0.3) is 5.91 Å². The molecule has 1 heterocycles. The highest BCUT2D eigenvalue weighted by Gasteiger charge is 2.34. The lowest BCUT2D eigenvalue weighted by molar-refractivity contribution is 0.0715. The molecule has 1 fully saturated rings. The summed E-state index contributed by atoms with van der Waals surface area (Å²) >= 11 is 12.0. The summed E-state index contributed by atoms with van der Waals surface area (Å²) in [6.45, 7) is 0.336. The Morgan fingerprint density at radius 1 is 1.17 bits per heavy atom. The second-order valence-corrected chi connectivity index (χ2v) is 6.77. The molecule has 0 bridgehead atoms. The normalized spacial score (nSPS) is 14.1. The third kappa shape index (κ3) is 3.12. The molecule has 4 rings (SSSR count). The Morgan fingerprint density at radius 3 is 2.71 bits per heavy atom. The van der Waals surface area contributed by atoms with Gasteiger partial charge in [-0.1, -0.05) is 29.3 Å². The second-order valence-electron chi connectivity index (χ2n) is 5.89. The largest absolute Gasteiger partial charge is 0.439 e. The number of amides is 1. The Hall–Kier alpha value is -2.04. The predicted octanol–water partition coefficient (Wildman–Crippen LogP) is 4.94. The van der Waals surface area contributed by atoms with Crippen LogP contribution in [-0.2, 0) is 6.54 Å². The van der Waals surface area contributed by atoms with E-state index in [0.717, 1.165) is 12.8 Å². The van der Waals surface area contributed by atoms with E-state index in [1.165, 1.54) is 0 Å². The molecule has 0 spiro atoms. The topological polar surface area (TPSA) is 46.3 Å². The molecule has 1 aromatic heterocycles. The van der Waals surface area contributed by atoms with Crippen LogP contribution in [0.15, 0.2) is 46.9 Å². The van der Waals surface area contributed by atoms with E-state index in [0.29, 0.717) is 39.1 Å². The standard InChI is InChI=1S/C18H14Cl2N2O2/c19-12-3-1-2-11(8-12)18(23)22(14-5-6-14)10-17-21-15-9-13(20)4-7-16(15)24-17/h1-4,7-9,14H,5-6,10H2. The first-order chi connectivity index (χ1) is 11.6. The minimum atomic E-state index is -0.0553. The van der Waals surface area contributed by atoms with Gasteiger partial charge in [-0.25, -0.2) is 4.98 Å². The van der Waals surface area contributed by atoms with Gasteiger partial charge in [0.2, 0.25) is 5.89 Å². The summed E-state index contributed by atoms with van der Waals surface area (Å²) < 4.78 is 5.75. The fourth-order valence-electron chi connectivity index (χ4n) is 2.70. The zero-order chi connectivity index (χ0) is 16.7. The van der Waals surface area contributed by atoms with E-state index >= 15 is 0 Å². The van der Waals surface area contributed by atoms with Crippen LogP contribution in [0, 0.1) is 0 Å². The average Bonchev–Trinajstić information content (AvgIpc) is 3.32. The van der Waals surface area contributed by atoms with Gasteiger partial charge in [-0.05, 0) is 49.2 Å². The Labute approximate surface area is 149 Å². The molecule has 1 aliphatic carbocycles. The molecule has 24 heavy (non-hydrogen) atoms. The quantitative estimate of drug-likeness (QED) is 0.661. The van der Waals surface area contributed by atoms with Crippen molar-refractivity contribution in [2.45, 2.75) is 25.4 Å². The number of aromatic nitrogens is 1. The molecular formula is C18H14Cl2N2O2.